The second-order valence-corrected chi connectivity index (χ2v) is 3.59. The highest BCUT2D eigenvalue weighted by atomic mass is 79.9. The first kappa shape index (κ1) is 6.98. The van der Waals surface area contributed by atoms with Crippen molar-refractivity contribution in [2.75, 3.05) is 5.73 Å². The highest BCUT2D eigenvalue weighted by Crippen LogP contribution is 2.35. The largest absolute Gasteiger partial charge is 0.476 e. The van der Waals surface area contributed by atoms with E-state index in [9.17, 15) is 0 Å². The highest BCUT2D eigenvalue weighted by molar-refractivity contribution is 9.09. The topological polar surface area (TPSA) is 35.2 Å². The van der Waals surface area contributed by atoms with Crippen LogP contribution in [0.15, 0.2) is 18.2 Å². The Kier molecular flexibility index (Phi) is 1.53. The number of nitrogen functional groups attached to an aromatic ring is 1. The first-order valence-electron chi connectivity index (χ1n) is 3.45. The fraction of sp³-hybridized carbons (Fsp3) is 0.250. The average Bonchev–Trinajstić information content (AvgIpc) is 2.31. The van der Waals surface area contributed by atoms with Gasteiger partial charge in [0.1, 0.15) is 5.75 Å². The number of para-hydroxylation sites is 1. The zero-order valence-electron chi connectivity index (χ0n) is 5.88. The molecule has 0 aromatic heterocycles. The maximum Gasteiger partial charge on any atom is 0.157 e. The number of rotatable bonds is 0. The van der Waals surface area contributed by atoms with E-state index in [0.717, 1.165) is 17.9 Å². The molecule has 58 valence electrons. The molecule has 1 aromatic rings. The van der Waals surface area contributed by atoms with Gasteiger partial charge < -0.3 is 10.5 Å². The molecule has 0 spiro atoms. The summed E-state index contributed by atoms with van der Waals surface area (Å²) in [4.78, 5) is 0. The molecule has 0 aliphatic carbocycles. The van der Waals surface area contributed by atoms with E-state index >= 15 is 0 Å². The van der Waals surface area contributed by atoms with Crippen LogP contribution >= 0.6 is 15.9 Å². The summed E-state index contributed by atoms with van der Waals surface area (Å²) < 4.78 is 5.43. The summed E-state index contributed by atoms with van der Waals surface area (Å²) in [6, 6.07) is 5.83. The third-order valence-electron chi connectivity index (χ3n) is 1.75. The number of halogens is 1. The highest BCUT2D eigenvalue weighted by Gasteiger charge is 2.21. The van der Waals surface area contributed by atoms with Crippen LogP contribution in [0.1, 0.15) is 5.56 Å². The van der Waals surface area contributed by atoms with Crippen molar-refractivity contribution in [3.8, 4) is 5.75 Å². The van der Waals surface area contributed by atoms with Crippen LogP contribution in [0.5, 0.6) is 5.75 Å². The molecule has 1 heterocycles. The Bertz CT molecular complexity index is 287. The summed E-state index contributed by atoms with van der Waals surface area (Å²) in [6.07, 6.45) is 0.903. The summed E-state index contributed by atoms with van der Waals surface area (Å²) in [5, 5.41) is 0.0993. The SMILES string of the molecule is Nc1cccc2c1OC(Br)C2. The summed E-state index contributed by atoms with van der Waals surface area (Å²) in [6.45, 7) is 0. The normalized spacial score (nSPS) is 21.0. The van der Waals surface area contributed by atoms with Gasteiger partial charge in [0.25, 0.3) is 0 Å². The van der Waals surface area contributed by atoms with Gasteiger partial charge in [-0.2, -0.15) is 0 Å². The van der Waals surface area contributed by atoms with E-state index in [-0.39, 0.29) is 5.01 Å². The maximum atomic E-state index is 5.69. The molecule has 1 aliphatic rings. The first-order chi connectivity index (χ1) is 5.27. The molecule has 1 unspecified atom stereocenters. The fourth-order valence-corrected chi connectivity index (χ4v) is 1.79. The standard InChI is InChI=1S/C8H8BrNO/c9-7-4-5-2-1-3-6(10)8(5)11-7/h1-3,7H,4,10H2. The summed E-state index contributed by atoms with van der Waals surface area (Å²) in [5.41, 5.74) is 7.60. The molecule has 2 nitrogen and oxygen atoms in total. The number of hydrogen-bond acceptors (Lipinski definition) is 2. The molecule has 0 fully saturated rings. The molecular formula is C8H8BrNO. The van der Waals surface area contributed by atoms with Gasteiger partial charge in [0.2, 0.25) is 0 Å². The first-order valence-corrected chi connectivity index (χ1v) is 4.37. The van der Waals surface area contributed by atoms with E-state index in [1.54, 1.807) is 0 Å². The van der Waals surface area contributed by atoms with Crippen molar-refractivity contribution in [1.29, 1.82) is 0 Å². The van der Waals surface area contributed by atoms with Gasteiger partial charge in [-0.15, -0.1) is 0 Å². The molecule has 1 aromatic carbocycles. The number of fused-ring (bicyclic) bond motifs is 1. The van der Waals surface area contributed by atoms with Crippen LogP contribution < -0.4 is 10.5 Å². The Morgan fingerprint density at radius 1 is 1.55 bits per heavy atom. The molecule has 0 amide bonds. The second-order valence-electron chi connectivity index (χ2n) is 2.57. The monoisotopic (exact) mass is 213 g/mol. The lowest BCUT2D eigenvalue weighted by Crippen LogP contribution is -2.01. The molecular weight excluding hydrogens is 206 g/mol. The molecule has 1 atom stereocenters. The van der Waals surface area contributed by atoms with Crippen molar-refractivity contribution in [3.63, 3.8) is 0 Å². The van der Waals surface area contributed by atoms with Crippen molar-refractivity contribution in [3.05, 3.63) is 23.8 Å². The fourth-order valence-electron chi connectivity index (χ4n) is 1.25. The number of nitrogens with two attached hydrogens (primary N) is 1. The molecule has 0 saturated carbocycles. The van der Waals surface area contributed by atoms with Gasteiger partial charge in [-0.05, 0) is 22.0 Å². The predicted octanol–water partition coefficient (Wildman–Crippen LogP) is 1.92. The van der Waals surface area contributed by atoms with Gasteiger partial charge in [-0.1, -0.05) is 12.1 Å². The van der Waals surface area contributed by atoms with Crippen LogP contribution in [0, 0.1) is 0 Å². The third kappa shape index (κ3) is 1.09. The lowest BCUT2D eigenvalue weighted by atomic mass is 10.1. The van der Waals surface area contributed by atoms with Gasteiger partial charge in [-0.3, -0.25) is 0 Å². The van der Waals surface area contributed by atoms with Crippen molar-refractivity contribution in [1.82, 2.24) is 0 Å². The average molecular weight is 214 g/mol. The molecule has 3 heteroatoms. The van der Waals surface area contributed by atoms with E-state index in [4.69, 9.17) is 10.5 Å². The van der Waals surface area contributed by atoms with Crippen LogP contribution in [0.25, 0.3) is 0 Å². The van der Waals surface area contributed by atoms with E-state index in [1.165, 1.54) is 5.56 Å². The van der Waals surface area contributed by atoms with E-state index in [1.807, 2.05) is 18.2 Å². The van der Waals surface area contributed by atoms with Crippen molar-refractivity contribution in [2.24, 2.45) is 0 Å². The maximum absolute atomic E-state index is 5.69. The lowest BCUT2D eigenvalue weighted by Gasteiger charge is -2.03. The Hall–Kier alpha value is -0.700. The molecule has 0 bridgehead atoms. The summed E-state index contributed by atoms with van der Waals surface area (Å²) >= 11 is 3.38. The van der Waals surface area contributed by atoms with E-state index < -0.39 is 0 Å². The molecule has 2 N–H and O–H groups in total. The molecule has 11 heavy (non-hydrogen) atoms. The van der Waals surface area contributed by atoms with Crippen molar-refractivity contribution in [2.45, 2.75) is 11.4 Å². The minimum Gasteiger partial charge on any atom is -0.476 e. The van der Waals surface area contributed by atoms with Gasteiger partial charge in [0.15, 0.2) is 5.01 Å². The zero-order valence-corrected chi connectivity index (χ0v) is 7.47. The second kappa shape index (κ2) is 2.41. The zero-order chi connectivity index (χ0) is 7.84. The number of anilines is 1. The molecule has 2 rings (SSSR count). The molecule has 0 radical (unpaired) electrons. The summed E-state index contributed by atoms with van der Waals surface area (Å²) in [7, 11) is 0. The van der Waals surface area contributed by atoms with Gasteiger partial charge in [0, 0.05) is 12.0 Å². The van der Waals surface area contributed by atoms with E-state index in [2.05, 4.69) is 15.9 Å². The molecule has 1 aliphatic heterocycles. The Balaban J connectivity index is 2.49. The Morgan fingerprint density at radius 2 is 2.36 bits per heavy atom. The quantitative estimate of drug-likeness (QED) is 0.529. The predicted molar refractivity (Wildman–Crippen MR) is 47.9 cm³/mol. The third-order valence-corrected chi connectivity index (χ3v) is 2.26. The van der Waals surface area contributed by atoms with Crippen LogP contribution in [-0.2, 0) is 6.42 Å². The lowest BCUT2D eigenvalue weighted by molar-refractivity contribution is 0.331. The van der Waals surface area contributed by atoms with Gasteiger partial charge in [-0.25, -0.2) is 0 Å². The molecule has 0 saturated heterocycles. The number of benzene rings is 1. The van der Waals surface area contributed by atoms with E-state index in [0.29, 0.717) is 0 Å². The van der Waals surface area contributed by atoms with Crippen molar-refractivity contribution >= 4 is 21.6 Å². The number of hydrogen-bond donors (Lipinski definition) is 1. The number of alkyl halides is 1. The summed E-state index contributed by atoms with van der Waals surface area (Å²) in [5.74, 6) is 0.842. The van der Waals surface area contributed by atoms with Crippen LogP contribution in [0.4, 0.5) is 5.69 Å². The van der Waals surface area contributed by atoms with Gasteiger partial charge in [0.05, 0.1) is 5.69 Å². The van der Waals surface area contributed by atoms with Crippen LogP contribution in [0.3, 0.4) is 0 Å². The minimum atomic E-state index is 0.0993. The van der Waals surface area contributed by atoms with Crippen molar-refractivity contribution < 1.29 is 4.74 Å². The van der Waals surface area contributed by atoms with Crippen LogP contribution in [0.2, 0.25) is 0 Å². The van der Waals surface area contributed by atoms with Gasteiger partial charge >= 0.3 is 0 Å². The van der Waals surface area contributed by atoms with Crippen LogP contribution in [-0.4, -0.2) is 5.01 Å². The number of ether oxygens (including phenoxy) is 1. The Morgan fingerprint density at radius 3 is 3.09 bits per heavy atom. The minimum absolute atomic E-state index is 0.0993. The Labute approximate surface area is 73.5 Å². The smallest absolute Gasteiger partial charge is 0.157 e.